The highest BCUT2D eigenvalue weighted by molar-refractivity contribution is 7.89. The lowest BCUT2D eigenvalue weighted by molar-refractivity contribution is 0.521. The fraction of sp³-hybridized carbons (Fsp3) is 0.200. The molecule has 0 N–H and O–H groups in total. The van der Waals surface area contributed by atoms with Crippen LogP contribution >= 0.6 is 11.3 Å². The van der Waals surface area contributed by atoms with Gasteiger partial charge in [0.1, 0.15) is 5.01 Å². The van der Waals surface area contributed by atoms with E-state index in [4.69, 9.17) is 0 Å². The Morgan fingerprint density at radius 3 is 2.61 bits per heavy atom. The first-order chi connectivity index (χ1) is 10.9. The molecule has 3 aromatic rings. The molecule has 6 nitrogen and oxygen atoms in total. The minimum Gasteiger partial charge on any atom is -0.275 e. The molecule has 0 atom stereocenters. The summed E-state index contributed by atoms with van der Waals surface area (Å²) in [4.78, 5) is 4.84. The van der Waals surface area contributed by atoms with Gasteiger partial charge in [-0.2, -0.15) is 5.10 Å². The fourth-order valence-corrected chi connectivity index (χ4v) is 4.17. The van der Waals surface area contributed by atoms with Crippen molar-refractivity contribution in [1.29, 1.82) is 0 Å². The average Bonchev–Trinajstić information content (AvgIpc) is 3.15. The van der Waals surface area contributed by atoms with Gasteiger partial charge in [-0.25, -0.2) is 17.7 Å². The number of hydrogen-bond acceptors (Lipinski definition) is 5. The maximum Gasteiger partial charge on any atom is 0.243 e. The number of nitrogens with zero attached hydrogens (tertiary/aromatic N) is 4. The second-order valence-electron chi connectivity index (χ2n) is 5.22. The molecule has 8 heteroatoms. The van der Waals surface area contributed by atoms with Crippen molar-refractivity contribution in [3.05, 3.63) is 42.0 Å². The third-order valence-corrected chi connectivity index (χ3v) is 6.13. The van der Waals surface area contributed by atoms with Gasteiger partial charge >= 0.3 is 0 Å². The van der Waals surface area contributed by atoms with Gasteiger partial charge in [-0.05, 0) is 6.07 Å². The van der Waals surface area contributed by atoms with Crippen LogP contribution in [0.5, 0.6) is 0 Å². The van der Waals surface area contributed by atoms with Crippen molar-refractivity contribution in [1.82, 2.24) is 19.1 Å². The zero-order valence-corrected chi connectivity index (χ0v) is 14.6. The molecule has 0 saturated carbocycles. The molecule has 0 aliphatic carbocycles. The summed E-state index contributed by atoms with van der Waals surface area (Å²) in [6, 6.07) is 6.92. The van der Waals surface area contributed by atoms with Crippen molar-refractivity contribution in [3.63, 3.8) is 0 Å². The van der Waals surface area contributed by atoms with Crippen LogP contribution in [0.15, 0.2) is 46.9 Å². The molecule has 0 bridgehead atoms. The van der Waals surface area contributed by atoms with Gasteiger partial charge in [-0.1, -0.05) is 18.2 Å². The third kappa shape index (κ3) is 2.92. The summed E-state index contributed by atoms with van der Waals surface area (Å²) in [5, 5.41) is 6.71. The second-order valence-corrected chi connectivity index (χ2v) is 8.20. The second kappa shape index (κ2) is 5.88. The van der Waals surface area contributed by atoms with Crippen LogP contribution < -0.4 is 0 Å². The number of hydrogen-bond donors (Lipinski definition) is 0. The van der Waals surface area contributed by atoms with E-state index in [9.17, 15) is 8.42 Å². The maximum absolute atomic E-state index is 12.5. The van der Waals surface area contributed by atoms with Crippen molar-refractivity contribution in [2.24, 2.45) is 7.05 Å². The molecule has 23 heavy (non-hydrogen) atoms. The predicted molar refractivity (Wildman–Crippen MR) is 90.6 cm³/mol. The van der Waals surface area contributed by atoms with Crippen LogP contribution in [0.25, 0.3) is 21.8 Å². The summed E-state index contributed by atoms with van der Waals surface area (Å²) in [5.74, 6) is 0. The fourth-order valence-electron chi connectivity index (χ4n) is 2.15. The van der Waals surface area contributed by atoms with Gasteiger partial charge in [0.25, 0.3) is 0 Å². The monoisotopic (exact) mass is 348 g/mol. The Kier molecular flexibility index (Phi) is 4.05. The molecule has 0 aliphatic heterocycles. The summed E-state index contributed by atoms with van der Waals surface area (Å²) >= 11 is 1.42. The van der Waals surface area contributed by atoms with E-state index in [1.165, 1.54) is 29.7 Å². The topological polar surface area (TPSA) is 68.1 Å². The van der Waals surface area contributed by atoms with Gasteiger partial charge in [-0.3, -0.25) is 4.68 Å². The maximum atomic E-state index is 12.5. The lowest BCUT2D eigenvalue weighted by Crippen LogP contribution is -2.22. The van der Waals surface area contributed by atoms with E-state index in [-0.39, 0.29) is 4.90 Å². The first-order valence-corrected chi connectivity index (χ1v) is 9.18. The molecule has 0 aliphatic rings. The summed E-state index contributed by atoms with van der Waals surface area (Å²) in [6.07, 6.45) is 3.61. The first kappa shape index (κ1) is 15.9. The summed E-state index contributed by atoms with van der Waals surface area (Å²) in [6.45, 7) is 0. The Morgan fingerprint density at radius 2 is 1.96 bits per heavy atom. The average molecular weight is 348 g/mol. The molecule has 0 amide bonds. The molecule has 2 aromatic heterocycles. The van der Waals surface area contributed by atoms with E-state index >= 15 is 0 Å². The number of rotatable bonds is 4. The van der Waals surface area contributed by atoms with Gasteiger partial charge in [0.15, 0.2) is 0 Å². The van der Waals surface area contributed by atoms with Crippen LogP contribution in [0.2, 0.25) is 0 Å². The van der Waals surface area contributed by atoms with Crippen LogP contribution in [0, 0.1) is 0 Å². The molecule has 1 aromatic carbocycles. The molecule has 120 valence electrons. The number of aryl methyl sites for hydroxylation is 1. The van der Waals surface area contributed by atoms with Crippen LogP contribution in [-0.4, -0.2) is 41.6 Å². The Labute approximate surface area is 139 Å². The van der Waals surface area contributed by atoms with Crippen LogP contribution in [0.1, 0.15) is 0 Å². The minimum atomic E-state index is -3.52. The lowest BCUT2D eigenvalue weighted by Gasteiger charge is -2.13. The van der Waals surface area contributed by atoms with Crippen molar-refractivity contribution < 1.29 is 8.42 Å². The molecule has 0 spiro atoms. The molecule has 0 radical (unpaired) electrons. The zero-order chi connectivity index (χ0) is 16.6. The largest absolute Gasteiger partial charge is 0.275 e. The van der Waals surface area contributed by atoms with E-state index in [1.807, 2.05) is 24.7 Å². The Morgan fingerprint density at radius 1 is 1.22 bits per heavy atom. The lowest BCUT2D eigenvalue weighted by atomic mass is 10.2. The van der Waals surface area contributed by atoms with Gasteiger partial charge < -0.3 is 0 Å². The highest BCUT2D eigenvalue weighted by Gasteiger charge is 2.23. The normalized spacial score (nSPS) is 12.0. The predicted octanol–water partition coefficient (Wildman–Crippen LogP) is 2.46. The quantitative estimate of drug-likeness (QED) is 0.726. The highest BCUT2D eigenvalue weighted by Crippen LogP contribution is 2.33. The van der Waals surface area contributed by atoms with E-state index in [0.29, 0.717) is 10.6 Å². The number of thiazole rings is 1. The third-order valence-electron chi connectivity index (χ3n) is 3.38. The number of aromatic nitrogens is 3. The van der Waals surface area contributed by atoms with Crippen molar-refractivity contribution in [2.45, 2.75) is 4.90 Å². The Balaban J connectivity index is 2.09. The van der Waals surface area contributed by atoms with Gasteiger partial charge in [0.05, 0.1) is 16.8 Å². The van der Waals surface area contributed by atoms with Crippen LogP contribution in [0.3, 0.4) is 0 Å². The van der Waals surface area contributed by atoms with Gasteiger partial charge in [-0.15, -0.1) is 11.3 Å². The molecule has 3 rings (SSSR count). The standard InChI is InChI=1S/C15H16N4O2S2/c1-18(2)23(20,21)14-7-5-4-6-12(14)15-17-13(10-22-15)11-8-16-19(3)9-11/h4-10H,1-3H3. The van der Waals surface area contributed by atoms with E-state index in [0.717, 1.165) is 11.3 Å². The Hall–Kier alpha value is -2.03. The molecule has 0 unspecified atom stereocenters. The van der Waals surface area contributed by atoms with Crippen molar-refractivity contribution in [3.8, 4) is 21.8 Å². The minimum absolute atomic E-state index is 0.261. The van der Waals surface area contributed by atoms with Gasteiger partial charge in [0.2, 0.25) is 10.0 Å². The van der Waals surface area contributed by atoms with Gasteiger partial charge in [0, 0.05) is 43.8 Å². The number of sulfonamides is 1. The Bertz CT molecular complexity index is 942. The summed E-state index contributed by atoms with van der Waals surface area (Å²) in [5.41, 5.74) is 2.31. The van der Waals surface area contributed by atoms with Crippen LogP contribution in [0.4, 0.5) is 0 Å². The van der Waals surface area contributed by atoms with Crippen molar-refractivity contribution >= 4 is 21.4 Å². The molecular weight excluding hydrogens is 332 g/mol. The smallest absolute Gasteiger partial charge is 0.243 e. The molecule has 2 heterocycles. The first-order valence-electron chi connectivity index (χ1n) is 6.86. The molecule has 0 saturated heterocycles. The highest BCUT2D eigenvalue weighted by atomic mass is 32.2. The van der Waals surface area contributed by atoms with Crippen molar-refractivity contribution in [2.75, 3.05) is 14.1 Å². The number of benzene rings is 1. The summed E-state index contributed by atoms with van der Waals surface area (Å²) < 4.78 is 27.9. The zero-order valence-electron chi connectivity index (χ0n) is 13.0. The molecular formula is C15H16N4O2S2. The SMILES string of the molecule is CN(C)S(=O)(=O)c1ccccc1-c1nc(-c2cnn(C)c2)cs1. The summed E-state index contributed by atoms with van der Waals surface area (Å²) in [7, 11) is 1.37. The van der Waals surface area contributed by atoms with E-state index < -0.39 is 10.0 Å². The van der Waals surface area contributed by atoms with Crippen LogP contribution in [-0.2, 0) is 17.1 Å². The van der Waals surface area contributed by atoms with E-state index in [1.54, 1.807) is 29.1 Å². The van der Waals surface area contributed by atoms with E-state index in [2.05, 4.69) is 10.1 Å². The molecule has 0 fully saturated rings.